The Morgan fingerprint density at radius 2 is 2.09 bits per heavy atom. The maximum atomic E-state index is 5.94. The van der Waals surface area contributed by atoms with Gasteiger partial charge in [0.2, 0.25) is 0 Å². The van der Waals surface area contributed by atoms with E-state index in [0.717, 1.165) is 55.9 Å². The molecule has 0 aliphatic heterocycles. The zero-order valence-corrected chi connectivity index (χ0v) is 14.3. The van der Waals surface area contributed by atoms with E-state index in [1.807, 2.05) is 18.2 Å². The first-order valence-electron chi connectivity index (χ1n) is 8.55. The average molecular weight is 319 g/mol. The standard InChI is InChI=1S/C18H29N3O2/c1-3-19-18(20-11-6-12-22-2)21-13-16-7-4-5-8-17(16)23-14-15-9-10-15/h4-5,7-8,15H,3,6,9-14H2,1-2H3,(H2,19,20,21). The van der Waals surface area contributed by atoms with Crippen molar-refractivity contribution in [3.8, 4) is 5.75 Å². The van der Waals surface area contributed by atoms with E-state index in [4.69, 9.17) is 9.47 Å². The average Bonchev–Trinajstić information content (AvgIpc) is 3.39. The summed E-state index contributed by atoms with van der Waals surface area (Å²) in [5.41, 5.74) is 1.13. The number of hydrogen-bond acceptors (Lipinski definition) is 3. The molecule has 1 aromatic carbocycles. The lowest BCUT2D eigenvalue weighted by molar-refractivity contribution is 0.195. The third kappa shape index (κ3) is 6.91. The number of guanidine groups is 1. The van der Waals surface area contributed by atoms with E-state index in [1.54, 1.807) is 7.11 Å². The van der Waals surface area contributed by atoms with Gasteiger partial charge in [0, 0.05) is 32.4 Å². The van der Waals surface area contributed by atoms with Gasteiger partial charge in [-0.15, -0.1) is 0 Å². The number of rotatable bonds is 10. The summed E-state index contributed by atoms with van der Waals surface area (Å²) in [7, 11) is 1.72. The highest BCUT2D eigenvalue weighted by Crippen LogP contribution is 2.30. The lowest BCUT2D eigenvalue weighted by atomic mass is 10.2. The van der Waals surface area contributed by atoms with Crippen molar-refractivity contribution in [1.29, 1.82) is 0 Å². The molecule has 0 aromatic heterocycles. The van der Waals surface area contributed by atoms with Crippen LogP contribution in [-0.2, 0) is 11.3 Å². The van der Waals surface area contributed by atoms with Gasteiger partial charge in [-0.1, -0.05) is 18.2 Å². The summed E-state index contributed by atoms with van der Waals surface area (Å²) in [5, 5.41) is 6.59. The molecule has 0 saturated heterocycles. The highest BCUT2D eigenvalue weighted by molar-refractivity contribution is 5.79. The Hall–Kier alpha value is -1.75. The number of aliphatic imine (C=N–C) groups is 1. The lowest BCUT2D eigenvalue weighted by Gasteiger charge is -2.13. The molecule has 23 heavy (non-hydrogen) atoms. The molecular formula is C18H29N3O2. The van der Waals surface area contributed by atoms with Crippen molar-refractivity contribution in [3.63, 3.8) is 0 Å². The Kier molecular flexibility index (Phi) is 7.73. The summed E-state index contributed by atoms with van der Waals surface area (Å²) in [6.07, 6.45) is 3.56. The molecule has 0 radical (unpaired) electrons. The van der Waals surface area contributed by atoms with Crippen LogP contribution in [0.4, 0.5) is 0 Å². The molecule has 128 valence electrons. The van der Waals surface area contributed by atoms with E-state index in [0.29, 0.717) is 6.54 Å². The highest BCUT2D eigenvalue weighted by Gasteiger charge is 2.22. The summed E-state index contributed by atoms with van der Waals surface area (Å²) < 4.78 is 11.0. The molecule has 1 aromatic rings. The molecule has 1 aliphatic carbocycles. The van der Waals surface area contributed by atoms with Crippen LogP contribution in [0, 0.1) is 5.92 Å². The van der Waals surface area contributed by atoms with E-state index >= 15 is 0 Å². The van der Waals surface area contributed by atoms with Crippen molar-refractivity contribution in [3.05, 3.63) is 29.8 Å². The van der Waals surface area contributed by atoms with Gasteiger partial charge in [0.1, 0.15) is 5.75 Å². The molecule has 0 unspecified atom stereocenters. The third-order valence-corrected chi connectivity index (χ3v) is 3.71. The number of ether oxygens (including phenoxy) is 2. The number of benzene rings is 1. The summed E-state index contributed by atoms with van der Waals surface area (Å²) >= 11 is 0. The van der Waals surface area contributed by atoms with E-state index in [2.05, 4.69) is 28.6 Å². The number of nitrogens with one attached hydrogen (secondary N) is 2. The van der Waals surface area contributed by atoms with Crippen molar-refractivity contribution < 1.29 is 9.47 Å². The van der Waals surface area contributed by atoms with Crippen LogP contribution >= 0.6 is 0 Å². The summed E-state index contributed by atoms with van der Waals surface area (Å²) in [6.45, 7) is 5.95. The molecule has 1 saturated carbocycles. The van der Waals surface area contributed by atoms with Gasteiger partial charge < -0.3 is 20.1 Å². The van der Waals surface area contributed by atoms with E-state index in [9.17, 15) is 0 Å². The largest absolute Gasteiger partial charge is 0.493 e. The molecule has 1 fully saturated rings. The Morgan fingerprint density at radius 1 is 1.26 bits per heavy atom. The van der Waals surface area contributed by atoms with Crippen LogP contribution in [0.1, 0.15) is 31.7 Å². The molecule has 0 heterocycles. The minimum atomic E-state index is 0.612. The molecular weight excluding hydrogens is 290 g/mol. The van der Waals surface area contributed by atoms with Crippen LogP contribution in [0.2, 0.25) is 0 Å². The molecule has 0 amide bonds. The molecule has 5 nitrogen and oxygen atoms in total. The van der Waals surface area contributed by atoms with Gasteiger partial charge in [0.05, 0.1) is 13.2 Å². The molecule has 0 spiro atoms. The summed E-state index contributed by atoms with van der Waals surface area (Å²) in [6, 6.07) is 8.17. The topological polar surface area (TPSA) is 54.9 Å². The Morgan fingerprint density at radius 3 is 2.83 bits per heavy atom. The van der Waals surface area contributed by atoms with E-state index < -0.39 is 0 Å². The second-order valence-electron chi connectivity index (χ2n) is 5.83. The summed E-state index contributed by atoms with van der Waals surface area (Å²) in [5.74, 6) is 2.55. The van der Waals surface area contributed by atoms with Crippen LogP contribution in [0.5, 0.6) is 5.75 Å². The minimum Gasteiger partial charge on any atom is -0.493 e. The molecule has 5 heteroatoms. The number of hydrogen-bond donors (Lipinski definition) is 2. The van der Waals surface area contributed by atoms with E-state index in [-0.39, 0.29) is 0 Å². The molecule has 2 N–H and O–H groups in total. The number of para-hydroxylation sites is 1. The van der Waals surface area contributed by atoms with Crippen molar-refractivity contribution in [2.75, 3.05) is 33.4 Å². The maximum Gasteiger partial charge on any atom is 0.191 e. The SMILES string of the molecule is CCNC(=NCc1ccccc1OCC1CC1)NCCCOC. The first kappa shape index (κ1) is 17.6. The minimum absolute atomic E-state index is 0.612. The monoisotopic (exact) mass is 319 g/mol. The fraction of sp³-hybridized carbons (Fsp3) is 0.611. The smallest absolute Gasteiger partial charge is 0.191 e. The van der Waals surface area contributed by atoms with Crippen molar-refractivity contribution in [2.45, 2.75) is 32.7 Å². The number of nitrogens with zero attached hydrogens (tertiary/aromatic N) is 1. The summed E-state index contributed by atoms with van der Waals surface area (Å²) in [4.78, 5) is 4.66. The van der Waals surface area contributed by atoms with Crippen molar-refractivity contribution in [1.82, 2.24) is 10.6 Å². The Balaban J connectivity index is 1.88. The molecule has 0 bridgehead atoms. The zero-order valence-electron chi connectivity index (χ0n) is 14.3. The predicted octanol–water partition coefficient (Wildman–Crippen LogP) is 2.57. The zero-order chi connectivity index (χ0) is 16.3. The first-order valence-corrected chi connectivity index (χ1v) is 8.55. The maximum absolute atomic E-state index is 5.94. The van der Waals surface area contributed by atoms with Gasteiger partial charge in [0.15, 0.2) is 5.96 Å². The van der Waals surface area contributed by atoms with Crippen LogP contribution in [0.15, 0.2) is 29.3 Å². The number of methoxy groups -OCH3 is 1. The molecule has 1 aliphatic rings. The fourth-order valence-electron chi connectivity index (χ4n) is 2.20. The van der Waals surface area contributed by atoms with Crippen LogP contribution in [-0.4, -0.2) is 39.4 Å². The Bertz CT molecular complexity index is 487. The lowest BCUT2D eigenvalue weighted by Crippen LogP contribution is -2.38. The predicted molar refractivity (Wildman–Crippen MR) is 94.0 cm³/mol. The van der Waals surface area contributed by atoms with E-state index in [1.165, 1.54) is 12.8 Å². The second kappa shape index (κ2) is 10.1. The second-order valence-corrected chi connectivity index (χ2v) is 5.83. The normalized spacial score (nSPS) is 14.6. The van der Waals surface area contributed by atoms with Crippen LogP contribution in [0.25, 0.3) is 0 Å². The van der Waals surface area contributed by atoms with Gasteiger partial charge in [0.25, 0.3) is 0 Å². The fourth-order valence-corrected chi connectivity index (χ4v) is 2.20. The van der Waals surface area contributed by atoms with Crippen LogP contribution in [0.3, 0.4) is 0 Å². The van der Waals surface area contributed by atoms with Gasteiger partial charge in [-0.2, -0.15) is 0 Å². The van der Waals surface area contributed by atoms with Gasteiger partial charge in [-0.25, -0.2) is 4.99 Å². The van der Waals surface area contributed by atoms with Crippen molar-refractivity contribution >= 4 is 5.96 Å². The molecule has 2 rings (SSSR count). The molecule has 0 atom stereocenters. The van der Waals surface area contributed by atoms with Crippen LogP contribution < -0.4 is 15.4 Å². The van der Waals surface area contributed by atoms with Gasteiger partial charge >= 0.3 is 0 Å². The first-order chi connectivity index (χ1) is 11.3. The third-order valence-electron chi connectivity index (χ3n) is 3.71. The van der Waals surface area contributed by atoms with Crippen molar-refractivity contribution in [2.24, 2.45) is 10.9 Å². The quantitative estimate of drug-likeness (QED) is 0.395. The Labute approximate surface area is 139 Å². The van der Waals surface area contributed by atoms with Gasteiger partial charge in [-0.05, 0) is 38.2 Å². The highest BCUT2D eigenvalue weighted by atomic mass is 16.5. The van der Waals surface area contributed by atoms with Gasteiger partial charge in [-0.3, -0.25) is 0 Å².